The van der Waals surface area contributed by atoms with Gasteiger partial charge in [0.1, 0.15) is 12.2 Å². The van der Waals surface area contributed by atoms with Gasteiger partial charge >= 0.3 is 6.09 Å². The van der Waals surface area contributed by atoms with E-state index in [1.165, 1.54) is 0 Å². The van der Waals surface area contributed by atoms with Crippen molar-refractivity contribution in [3.8, 4) is 5.75 Å². The highest BCUT2D eigenvalue weighted by molar-refractivity contribution is 5.68. The minimum atomic E-state index is -0.602. The molecule has 7 heteroatoms. The van der Waals surface area contributed by atoms with E-state index in [0.29, 0.717) is 44.2 Å². The quantitative estimate of drug-likeness (QED) is 0.496. The number of carbonyl (C=O) groups excluding carboxylic acids is 1. The second-order valence-corrected chi connectivity index (χ2v) is 8.00. The normalized spacial score (nSPS) is 12.5. The molecule has 0 radical (unpaired) electrons. The average Bonchev–Trinajstić information content (AvgIpc) is 2.59. The van der Waals surface area contributed by atoms with E-state index in [1.807, 2.05) is 6.92 Å². The number of halogens is 1. The number of unbranched alkanes of at least 4 members (excludes halogenated alkanes) is 1. The molecular weight excluding hydrogens is 363 g/mol. The fourth-order valence-corrected chi connectivity index (χ4v) is 2.75. The third kappa shape index (κ3) is 9.37. The maximum absolute atomic E-state index is 14.7. The molecule has 28 heavy (non-hydrogen) atoms. The Hall–Kier alpha value is -1.86. The van der Waals surface area contributed by atoms with Crippen molar-refractivity contribution in [3.05, 3.63) is 29.1 Å². The summed E-state index contributed by atoms with van der Waals surface area (Å²) in [4.78, 5) is 12.1. The third-order valence-electron chi connectivity index (χ3n) is 4.03. The first-order valence-corrected chi connectivity index (χ1v) is 9.88. The lowest BCUT2D eigenvalue weighted by Gasteiger charge is -2.24. The van der Waals surface area contributed by atoms with Crippen molar-refractivity contribution in [3.63, 3.8) is 0 Å². The van der Waals surface area contributed by atoms with E-state index in [1.54, 1.807) is 32.9 Å². The van der Waals surface area contributed by atoms with Crippen molar-refractivity contribution in [2.75, 3.05) is 19.8 Å². The Kier molecular flexibility index (Phi) is 10.2. The van der Waals surface area contributed by atoms with Crippen LogP contribution >= 0.6 is 0 Å². The number of amides is 1. The molecule has 1 aromatic rings. The third-order valence-corrected chi connectivity index (χ3v) is 4.03. The molecule has 0 bridgehead atoms. The van der Waals surface area contributed by atoms with Crippen LogP contribution in [0, 0.1) is 12.7 Å². The van der Waals surface area contributed by atoms with Gasteiger partial charge in [-0.15, -0.1) is 0 Å². The number of aliphatic hydroxyl groups excluding tert-OH is 1. The topological polar surface area (TPSA) is 93.8 Å². The van der Waals surface area contributed by atoms with Crippen LogP contribution in [0.4, 0.5) is 9.18 Å². The Morgan fingerprint density at radius 1 is 1.29 bits per heavy atom. The monoisotopic (exact) mass is 398 g/mol. The second kappa shape index (κ2) is 11.9. The zero-order chi connectivity index (χ0) is 21.2. The van der Waals surface area contributed by atoms with E-state index in [9.17, 15) is 9.18 Å². The molecule has 0 unspecified atom stereocenters. The maximum Gasteiger partial charge on any atom is 0.407 e. The van der Waals surface area contributed by atoms with Crippen LogP contribution in [0.2, 0.25) is 0 Å². The highest BCUT2D eigenvalue weighted by Crippen LogP contribution is 2.25. The van der Waals surface area contributed by atoms with Crippen molar-refractivity contribution >= 4 is 6.09 Å². The molecule has 4 N–H and O–H groups in total. The number of benzene rings is 1. The fourth-order valence-electron chi connectivity index (χ4n) is 2.75. The van der Waals surface area contributed by atoms with E-state index in [0.717, 1.165) is 5.56 Å². The van der Waals surface area contributed by atoms with Gasteiger partial charge in [-0.2, -0.15) is 0 Å². The number of aryl methyl sites for hydroxylation is 2. The molecule has 1 rings (SSSR count). The van der Waals surface area contributed by atoms with Gasteiger partial charge in [-0.25, -0.2) is 9.18 Å². The molecule has 0 saturated carbocycles. The first-order valence-electron chi connectivity index (χ1n) is 9.88. The van der Waals surface area contributed by atoms with E-state index < -0.39 is 17.5 Å². The van der Waals surface area contributed by atoms with Gasteiger partial charge in [0.05, 0.1) is 6.04 Å². The molecule has 0 fully saturated rings. The molecule has 0 spiro atoms. The van der Waals surface area contributed by atoms with Gasteiger partial charge in [-0.1, -0.05) is 6.07 Å². The lowest BCUT2D eigenvalue weighted by Crippen LogP contribution is -2.42. The average molecular weight is 399 g/mol. The smallest absolute Gasteiger partial charge is 0.407 e. The molecule has 0 aromatic heterocycles. The molecular formula is C21H35FN2O4. The van der Waals surface area contributed by atoms with Gasteiger partial charge in [0.25, 0.3) is 0 Å². The minimum absolute atomic E-state index is 0.0932. The Labute approximate surface area is 167 Å². The number of hydrogen-bond donors (Lipinski definition) is 3. The molecule has 1 amide bonds. The van der Waals surface area contributed by atoms with Crippen LogP contribution in [-0.4, -0.2) is 42.6 Å². The Bertz CT molecular complexity index is 617. The van der Waals surface area contributed by atoms with Crippen LogP contribution < -0.4 is 15.8 Å². The lowest BCUT2D eigenvalue weighted by molar-refractivity contribution is 0.0483. The first kappa shape index (κ1) is 24.2. The van der Waals surface area contributed by atoms with Gasteiger partial charge in [0.15, 0.2) is 11.6 Å². The van der Waals surface area contributed by atoms with Crippen LogP contribution in [-0.2, 0) is 11.2 Å². The summed E-state index contributed by atoms with van der Waals surface area (Å²) in [5.41, 5.74) is 6.44. The number of aliphatic hydroxyl groups is 1. The molecule has 160 valence electrons. The van der Waals surface area contributed by atoms with Crippen LogP contribution in [0.3, 0.4) is 0 Å². The number of hydrogen-bond acceptors (Lipinski definition) is 5. The van der Waals surface area contributed by atoms with Gasteiger partial charge < -0.3 is 25.6 Å². The van der Waals surface area contributed by atoms with Crippen LogP contribution in [0.15, 0.2) is 12.1 Å². The summed E-state index contributed by atoms with van der Waals surface area (Å²) in [7, 11) is 0. The second-order valence-electron chi connectivity index (χ2n) is 8.00. The molecule has 0 aliphatic carbocycles. The Balaban J connectivity index is 2.78. The van der Waals surface area contributed by atoms with Crippen molar-refractivity contribution in [1.82, 2.24) is 5.32 Å². The summed E-state index contributed by atoms with van der Waals surface area (Å²) in [6.07, 6.45) is 2.64. The van der Waals surface area contributed by atoms with E-state index in [-0.39, 0.29) is 25.0 Å². The molecule has 1 atom stereocenters. The maximum atomic E-state index is 14.7. The molecule has 0 aliphatic rings. The summed E-state index contributed by atoms with van der Waals surface area (Å²) in [5.74, 6) is -0.221. The number of rotatable bonds is 11. The SMILES string of the molecule is Cc1cc(CCCCO)c(F)c(OC[C@H](CCCN)NC(=O)OC(C)(C)C)c1. The summed E-state index contributed by atoms with van der Waals surface area (Å²) in [5, 5.41) is 11.7. The highest BCUT2D eigenvalue weighted by Gasteiger charge is 2.20. The zero-order valence-corrected chi connectivity index (χ0v) is 17.5. The van der Waals surface area contributed by atoms with Gasteiger partial charge in [-0.05, 0) is 83.5 Å². The summed E-state index contributed by atoms with van der Waals surface area (Å²) >= 11 is 0. The molecule has 6 nitrogen and oxygen atoms in total. The van der Waals surface area contributed by atoms with E-state index >= 15 is 0 Å². The number of carbonyl (C=O) groups is 1. The van der Waals surface area contributed by atoms with Crippen molar-refractivity contribution in [2.45, 2.75) is 71.4 Å². The number of nitrogens with two attached hydrogens (primary N) is 1. The van der Waals surface area contributed by atoms with Gasteiger partial charge in [0.2, 0.25) is 0 Å². The van der Waals surface area contributed by atoms with E-state index in [4.69, 9.17) is 20.3 Å². The van der Waals surface area contributed by atoms with Crippen LogP contribution in [0.1, 0.15) is 57.6 Å². The van der Waals surface area contributed by atoms with E-state index in [2.05, 4.69) is 5.32 Å². The van der Waals surface area contributed by atoms with Crippen LogP contribution in [0.5, 0.6) is 5.75 Å². The zero-order valence-electron chi connectivity index (χ0n) is 17.5. The Morgan fingerprint density at radius 3 is 2.61 bits per heavy atom. The molecule has 0 saturated heterocycles. The largest absolute Gasteiger partial charge is 0.488 e. The fraction of sp³-hybridized carbons (Fsp3) is 0.667. The Morgan fingerprint density at radius 2 is 2.00 bits per heavy atom. The summed E-state index contributed by atoms with van der Waals surface area (Å²) in [6, 6.07) is 3.11. The minimum Gasteiger partial charge on any atom is -0.488 e. The number of alkyl carbamates (subject to hydrolysis) is 1. The summed E-state index contributed by atoms with van der Waals surface area (Å²) in [6.45, 7) is 7.95. The predicted molar refractivity (Wildman–Crippen MR) is 108 cm³/mol. The molecule has 0 aliphatic heterocycles. The predicted octanol–water partition coefficient (Wildman–Crippen LogP) is 3.46. The number of ether oxygens (including phenoxy) is 2. The standard InChI is InChI=1S/C21H35FN2O4/c1-15-12-16(8-5-6-11-25)19(22)18(13-15)27-14-17(9-7-10-23)24-20(26)28-21(2,3)4/h12-13,17,25H,5-11,14,23H2,1-4H3,(H,24,26)/t17-/m0/s1. The molecule has 1 aromatic carbocycles. The van der Waals surface area contributed by atoms with Crippen molar-refractivity contribution < 1.29 is 23.8 Å². The lowest BCUT2D eigenvalue weighted by atomic mass is 10.0. The van der Waals surface area contributed by atoms with Crippen molar-refractivity contribution in [2.24, 2.45) is 5.73 Å². The van der Waals surface area contributed by atoms with Crippen molar-refractivity contribution in [1.29, 1.82) is 0 Å². The highest BCUT2D eigenvalue weighted by atomic mass is 19.1. The first-order chi connectivity index (χ1) is 13.2. The van der Waals surface area contributed by atoms with Crippen LogP contribution in [0.25, 0.3) is 0 Å². The number of nitrogens with one attached hydrogen (secondary N) is 1. The van der Waals surface area contributed by atoms with Gasteiger partial charge in [0, 0.05) is 6.61 Å². The van der Waals surface area contributed by atoms with Gasteiger partial charge in [-0.3, -0.25) is 0 Å². The molecule has 0 heterocycles. The summed E-state index contributed by atoms with van der Waals surface area (Å²) < 4.78 is 25.8.